The summed E-state index contributed by atoms with van der Waals surface area (Å²) in [5, 5.41) is 4.68. The third kappa shape index (κ3) is 3.76. The number of nitrogens with zero attached hydrogens (tertiary/aromatic N) is 2. The fourth-order valence-corrected chi connectivity index (χ4v) is 2.83. The van der Waals surface area contributed by atoms with Crippen LogP contribution in [0.25, 0.3) is 0 Å². The lowest BCUT2D eigenvalue weighted by Gasteiger charge is -2.26. The Bertz CT molecular complexity index is 671. The van der Waals surface area contributed by atoms with E-state index in [1.807, 2.05) is 49.5 Å². The van der Waals surface area contributed by atoms with Crippen LogP contribution in [0, 0.1) is 6.92 Å². The maximum Gasteiger partial charge on any atom is 0.174 e. The lowest BCUT2D eigenvalue weighted by Crippen LogP contribution is -2.36. The van der Waals surface area contributed by atoms with Crippen molar-refractivity contribution in [1.29, 1.82) is 0 Å². The second kappa shape index (κ2) is 6.63. The number of nitrogens with one attached hydrogen (secondary N) is 1. The Morgan fingerprint density at radius 1 is 1.36 bits per heavy atom. The third-order valence-electron chi connectivity index (χ3n) is 3.67. The van der Waals surface area contributed by atoms with Crippen LogP contribution in [0.5, 0.6) is 0 Å². The van der Waals surface area contributed by atoms with E-state index < -0.39 is 0 Å². The van der Waals surface area contributed by atoms with Gasteiger partial charge in [0.25, 0.3) is 0 Å². The first-order valence-corrected chi connectivity index (χ1v) is 8.16. The van der Waals surface area contributed by atoms with Gasteiger partial charge in [-0.25, -0.2) is 0 Å². The molecule has 114 valence electrons. The number of rotatable bonds is 4. The van der Waals surface area contributed by atoms with Crippen LogP contribution in [0.4, 0.5) is 5.69 Å². The molecule has 0 unspecified atom stereocenters. The van der Waals surface area contributed by atoms with Gasteiger partial charge in [0.1, 0.15) is 0 Å². The zero-order valence-corrected chi connectivity index (χ0v) is 14.0. The molecular formula is C17H18ClN3S. The molecule has 3 rings (SSSR count). The molecule has 0 atom stereocenters. The molecule has 3 nitrogen and oxygen atoms in total. The zero-order chi connectivity index (χ0) is 15.5. The van der Waals surface area contributed by atoms with Gasteiger partial charge in [-0.2, -0.15) is 0 Å². The first-order valence-electron chi connectivity index (χ1n) is 7.37. The van der Waals surface area contributed by atoms with Crippen molar-refractivity contribution in [3.8, 4) is 0 Å². The first-order chi connectivity index (χ1) is 10.6. The van der Waals surface area contributed by atoms with Crippen LogP contribution in [0.2, 0.25) is 5.02 Å². The fraction of sp³-hybridized carbons (Fsp3) is 0.294. The Labute approximate surface area is 141 Å². The summed E-state index contributed by atoms with van der Waals surface area (Å²) in [6.07, 6.45) is 4.17. The maximum absolute atomic E-state index is 6.25. The van der Waals surface area contributed by atoms with E-state index in [0.29, 0.717) is 16.2 Å². The number of anilines is 1. The van der Waals surface area contributed by atoms with Crippen molar-refractivity contribution in [1.82, 2.24) is 9.88 Å². The number of hydrogen-bond acceptors (Lipinski definition) is 2. The molecule has 22 heavy (non-hydrogen) atoms. The van der Waals surface area contributed by atoms with Gasteiger partial charge >= 0.3 is 0 Å². The van der Waals surface area contributed by atoms with Crippen molar-refractivity contribution in [3.63, 3.8) is 0 Å². The van der Waals surface area contributed by atoms with E-state index in [0.717, 1.165) is 23.5 Å². The van der Waals surface area contributed by atoms with Gasteiger partial charge in [-0.3, -0.25) is 4.98 Å². The van der Waals surface area contributed by atoms with E-state index >= 15 is 0 Å². The zero-order valence-electron chi connectivity index (χ0n) is 12.4. The van der Waals surface area contributed by atoms with Crippen LogP contribution in [0.3, 0.4) is 0 Å². The van der Waals surface area contributed by atoms with E-state index in [2.05, 4.69) is 15.2 Å². The van der Waals surface area contributed by atoms with Crippen molar-refractivity contribution in [3.05, 3.63) is 58.9 Å². The number of hydrogen-bond donors (Lipinski definition) is 1. The van der Waals surface area contributed by atoms with E-state index in [4.69, 9.17) is 23.8 Å². The van der Waals surface area contributed by atoms with Gasteiger partial charge in [0.15, 0.2) is 5.11 Å². The number of halogens is 1. The first kappa shape index (κ1) is 15.3. The van der Waals surface area contributed by atoms with Crippen LogP contribution >= 0.6 is 23.8 Å². The SMILES string of the molecule is Cc1ccc(Cl)c(NC(=S)N(Cc2ccccn2)C2CC2)c1. The molecule has 0 radical (unpaired) electrons. The van der Waals surface area contributed by atoms with E-state index in [1.165, 1.54) is 12.8 Å². The third-order valence-corrected chi connectivity index (χ3v) is 4.34. The van der Waals surface area contributed by atoms with Crippen molar-refractivity contribution >= 4 is 34.6 Å². The molecule has 1 aliphatic carbocycles. The summed E-state index contributed by atoms with van der Waals surface area (Å²) in [5.41, 5.74) is 3.03. The molecule has 1 fully saturated rings. The van der Waals surface area contributed by atoms with Crippen molar-refractivity contribution in [2.75, 3.05) is 5.32 Å². The van der Waals surface area contributed by atoms with Crippen LogP contribution < -0.4 is 5.32 Å². The van der Waals surface area contributed by atoms with Crippen LogP contribution in [-0.2, 0) is 6.54 Å². The number of pyridine rings is 1. The molecule has 1 heterocycles. The molecule has 0 spiro atoms. The molecule has 0 saturated heterocycles. The maximum atomic E-state index is 6.25. The lowest BCUT2D eigenvalue weighted by atomic mass is 10.2. The summed E-state index contributed by atoms with van der Waals surface area (Å²) in [4.78, 5) is 6.60. The van der Waals surface area contributed by atoms with Crippen LogP contribution in [-0.4, -0.2) is 21.0 Å². The molecule has 1 saturated carbocycles. The largest absolute Gasteiger partial charge is 0.340 e. The molecule has 1 N–H and O–H groups in total. The lowest BCUT2D eigenvalue weighted by molar-refractivity contribution is 0.404. The highest BCUT2D eigenvalue weighted by atomic mass is 35.5. The molecule has 0 aliphatic heterocycles. The monoisotopic (exact) mass is 331 g/mol. The number of aryl methyl sites for hydroxylation is 1. The van der Waals surface area contributed by atoms with Gasteiger partial charge in [-0.05, 0) is 61.8 Å². The minimum Gasteiger partial charge on any atom is -0.340 e. The highest BCUT2D eigenvalue weighted by molar-refractivity contribution is 7.80. The highest BCUT2D eigenvalue weighted by Gasteiger charge is 2.31. The summed E-state index contributed by atoms with van der Waals surface area (Å²) in [6, 6.07) is 12.4. The normalized spacial score (nSPS) is 13.7. The van der Waals surface area contributed by atoms with E-state index in [9.17, 15) is 0 Å². The smallest absolute Gasteiger partial charge is 0.174 e. The summed E-state index contributed by atoms with van der Waals surface area (Å²) < 4.78 is 0. The molecule has 0 bridgehead atoms. The molecule has 2 aromatic rings. The topological polar surface area (TPSA) is 28.2 Å². The highest BCUT2D eigenvalue weighted by Crippen LogP contribution is 2.30. The molecule has 0 amide bonds. The molecule has 1 aliphatic rings. The van der Waals surface area contributed by atoms with Gasteiger partial charge in [0.05, 0.1) is 22.9 Å². The minimum absolute atomic E-state index is 0.505. The summed E-state index contributed by atoms with van der Waals surface area (Å²) in [5.74, 6) is 0. The van der Waals surface area contributed by atoms with Crippen molar-refractivity contribution < 1.29 is 0 Å². The minimum atomic E-state index is 0.505. The fourth-order valence-electron chi connectivity index (χ4n) is 2.34. The average molecular weight is 332 g/mol. The number of benzene rings is 1. The Hall–Kier alpha value is -1.65. The quantitative estimate of drug-likeness (QED) is 0.840. The Morgan fingerprint density at radius 3 is 2.86 bits per heavy atom. The Balaban J connectivity index is 1.74. The van der Waals surface area contributed by atoms with E-state index in [1.54, 1.807) is 0 Å². The molecule has 1 aromatic carbocycles. The summed E-state index contributed by atoms with van der Waals surface area (Å²) in [6.45, 7) is 2.76. The predicted octanol–water partition coefficient (Wildman–Crippen LogP) is 4.40. The average Bonchev–Trinajstić information content (AvgIpc) is 3.34. The van der Waals surface area contributed by atoms with Crippen molar-refractivity contribution in [2.24, 2.45) is 0 Å². The van der Waals surface area contributed by atoms with Gasteiger partial charge in [0.2, 0.25) is 0 Å². The second-order valence-corrected chi connectivity index (χ2v) is 6.39. The Kier molecular flexibility index (Phi) is 4.60. The summed E-state index contributed by atoms with van der Waals surface area (Å²) in [7, 11) is 0. The summed E-state index contributed by atoms with van der Waals surface area (Å²) >= 11 is 11.9. The molecule has 1 aromatic heterocycles. The van der Waals surface area contributed by atoms with Crippen LogP contribution in [0.1, 0.15) is 24.1 Å². The standard InChI is InChI=1S/C17H18ClN3S/c1-12-5-8-15(18)16(10-12)20-17(22)21(14-6-7-14)11-13-4-2-3-9-19-13/h2-5,8-10,14H,6-7,11H2,1H3,(H,20,22). The number of thiocarbonyl (C=S) groups is 1. The van der Waals surface area contributed by atoms with Gasteiger partial charge in [0, 0.05) is 12.2 Å². The van der Waals surface area contributed by atoms with Gasteiger partial charge < -0.3 is 10.2 Å². The van der Waals surface area contributed by atoms with Gasteiger partial charge in [-0.1, -0.05) is 23.7 Å². The van der Waals surface area contributed by atoms with Crippen molar-refractivity contribution in [2.45, 2.75) is 32.4 Å². The van der Waals surface area contributed by atoms with Gasteiger partial charge in [-0.15, -0.1) is 0 Å². The van der Waals surface area contributed by atoms with Crippen LogP contribution in [0.15, 0.2) is 42.6 Å². The second-order valence-electron chi connectivity index (χ2n) is 5.59. The number of aromatic nitrogens is 1. The Morgan fingerprint density at radius 2 is 2.18 bits per heavy atom. The predicted molar refractivity (Wildman–Crippen MR) is 95.2 cm³/mol. The molecular weight excluding hydrogens is 314 g/mol. The van der Waals surface area contributed by atoms with E-state index in [-0.39, 0.29) is 0 Å². The molecule has 5 heteroatoms.